The quantitative estimate of drug-likeness (QED) is 0.415. The molecule has 2 heterocycles. The van der Waals surface area contributed by atoms with Crippen LogP contribution in [0.25, 0.3) is 22.0 Å². The Kier molecular flexibility index (Phi) is 6.37. The van der Waals surface area contributed by atoms with Crippen molar-refractivity contribution in [2.75, 3.05) is 5.32 Å². The number of aliphatic hydroxyl groups excluding tert-OH is 1. The van der Waals surface area contributed by atoms with Gasteiger partial charge >= 0.3 is 0 Å². The molecule has 6 nitrogen and oxygen atoms in total. The number of anilines is 1. The van der Waals surface area contributed by atoms with Crippen LogP contribution in [0.3, 0.4) is 0 Å². The molecule has 1 aromatic heterocycles. The molecule has 1 saturated carbocycles. The van der Waals surface area contributed by atoms with Crippen LogP contribution in [-0.2, 0) is 6.42 Å². The summed E-state index contributed by atoms with van der Waals surface area (Å²) in [6, 6.07) is 10.3. The van der Waals surface area contributed by atoms with Gasteiger partial charge in [0.25, 0.3) is 5.91 Å². The van der Waals surface area contributed by atoms with E-state index in [1.54, 1.807) is 16.7 Å². The zero-order valence-electron chi connectivity index (χ0n) is 20.9. The van der Waals surface area contributed by atoms with Crippen molar-refractivity contribution in [1.82, 2.24) is 4.57 Å². The number of carbonyl (C=O) groups excluding carboxylic acids is 2. The summed E-state index contributed by atoms with van der Waals surface area (Å²) in [6.45, 7) is 4.25. The molecule has 0 radical (unpaired) electrons. The number of nitrogens with one attached hydrogen (secondary N) is 1. The number of nitrogens with two attached hydrogens (primary N) is 1. The summed E-state index contributed by atoms with van der Waals surface area (Å²) >= 11 is 0. The van der Waals surface area contributed by atoms with E-state index in [1.807, 2.05) is 12.1 Å². The number of rotatable bonds is 6. The maximum absolute atomic E-state index is 14.3. The third-order valence-electron chi connectivity index (χ3n) is 8.48. The van der Waals surface area contributed by atoms with Crippen LogP contribution < -0.4 is 11.1 Å². The summed E-state index contributed by atoms with van der Waals surface area (Å²) < 4.78 is 16.0. The van der Waals surface area contributed by atoms with Crippen molar-refractivity contribution in [1.29, 1.82) is 0 Å². The molecular formula is C29H34FN3O3. The number of primary amides is 1. The average molecular weight is 492 g/mol. The first-order valence-corrected chi connectivity index (χ1v) is 13.0. The molecule has 2 aromatic carbocycles. The molecule has 7 heteroatoms. The molecule has 0 bridgehead atoms. The van der Waals surface area contributed by atoms with Gasteiger partial charge in [0.15, 0.2) is 0 Å². The van der Waals surface area contributed by atoms with E-state index in [1.165, 1.54) is 12.1 Å². The standard InChI is InChI=1S/C29H34FN3O3/c1-3-29(4-2)15-25-27(22-12-6-18(30)14-24(22)33(25)26(35)16-29)17-5-11-21(28(31)36)23(13-17)32-19-7-9-20(34)10-8-19/h5-6,11-14,19-20,32,34H,3-4,7-10,15-16H2,1-2H3,(H2,31,36)/t19-,20-. The summed E-state index contributed by atoms with van der Waals surface area (Å²) in [5, 5.41) is 14.2. The van der Waals surface area contributed by atoms with Crippen molar-refractivity contribution in [2.45, 2.75) is 77.4 Å². The Bertz CT molecular complexity index is 1330. The minimum absolute atomic E-state index is 0.00494. The average Bonchev–Trinajstić information content (AvgIpc) is 3.18. The summed E-state index contributed by atoms with van der Waals surface area (Å²) in [7, 11) is 0. The van der Waals surface area contributed by atoms with Gasteiger partial charge in [-0.15, -0.1) is 0 Å². The lowest BCUT2D eigenvalue weighted by molar-refractivity contribution is 0.0769. The van der Waals surface area contributed by atoms with E-state index in [-0.39, 0.29) is 29.3 Å². The Morgan fingerprint density at radius 3 is 2.50 bits per heavy atom. The minimum atomic E-state index is -0.517. The maximum Gasteiger partial charge on any atom is 0.250 e. The van der Waals surface area contributed by atoms with Crippen LogP contribution in [0.4, 0.5) is 10.1 Å². The minimum Gasteiger partial charge on any atom is -0.393 e. The Hall–Kier alpha value is -3.19. The molecular weight excluding hydrogens is 457 g/mol. The van der Waals surface area contributed by atoms with Crippen LogP contribution >= 0.6 is 0 Å². The molecule has 4 N–H and O–H groups in total. The molecule has 3 aromatic rings. The Balaban J connectivity index is 1.68. The number of benzene rings is 2. The zero-order valence-corrected chi connectivity index (χ0v) is 20.9. The second kappa shape index (κ2) is 9.36. The highest BCUT2D eigenvalue weighted by Crippen LogP contribution is 2.46. The SMILES string of the molecule is CCC1(CC)CC(=O)n2c(c(-c3ccc(C(N)=O)c(N[C@H]4CC[C@H](O)CC4)c3)c3ccc(F)cc32)C1. The highest BCUT2D eigenvalue weighted by atomic mass is 19.1. The van der Waals surface area contributed by atoms with Crippen LogP contribution in [0.5, 0.6) is 0 Å². The topological polar surface area (TPSA) is 97.4 Å². The first-order chi connectivity index (χ1) is 17.2. The molecule has 0 atom stereocenters. The van der Waals surface area contributed by atoms with Gasteiger partial charge < -0.3 is 16.2 Å². The van der Waals surface area contributed by atoms with Gasteiger partial charge in [-0.3, -0.25) is 14.2 Å². The molecule has 190 valence electrons. The van der Waals surface area contributed by atoms with Crippen LogP contribution in [0.15, 0.2) is 36.4 Å². The Morgan fingerprint density at radius 1 is 1.11 bits per heavy atom. The number of hydrogen-bond donors (Lipinski definition) is 3. The number of aromatic nitrogens is 1. The predicted octanol–water partition coefficient (Wildman–Crippen LogP) is 5.65. The second-order valence-corrected chi connectivity index (χ2v) is 10.5. The van der Waals surface area contributed by atoms with Crippen molar-refractivity contribution < 1.29 is 19.1 Å². The molecule has 1 fully saturated rings. The van der Waals surface area contributed by atoms with Crippen LogP contribution in [0.1, 0.15) is 79.6 Å². The lowest BCUT2D eigenvalue weighted by atomic mass is 9.72. The third kappa shape index (κ3) is 4.19. The van der Waals surface area contributed by atoms with Gasteiger partial charge in [-0.05, 0) is 86.3 Å². The number of aliphatic hydroxyl groups is 1. The number of amides is 1. The summed E-state index contributed by atoms with van der Waals surface area (Å²) in [5.74, 6) is -0.901. The first-order valence-electron chi connectivity index (χ1n) is 13.0. The van der Waals surface area contributed by atoms with Gasteiger partial charge in [-0.2, -0.15) is 0 Å². The molecule has 1 amide bonds. The lowest BCUT2D eigenvalue weighted by Crippen LogP contribution is -2.35. The summed E-state index contributed by atoms with van der Waals surface area (Å²) in [4.78, 5) is 25.7. The van der Waals surface area contributed by atoms with Crippen molar-refractivity contribution in [3.05, 3.63) is 53.5 Å². The molecule has 0 saturated heterocycles. The van der Waals surface area contributed by atoms with Gasteiger partial charge in [0.05, 0.1) is 17.2 Å². The van der Waals surface area contributed by atoms with Crippen molar-refractivity contribution >= 4 is 28.4 Å². The van der Waals surface area contributed by atoms with Crippen LogP contribution in [0.2, 0.25) is 0 Å². The number of fused-ring (bicyclic) bond motifs is 3. The maximum atomic E-state index is 14.3. The number of halogens is 1. The van der Waals surface area contributed by atoms with Gasteiger partial charge in [-0.25, -0.2) is 4.39 Å². The number of hydrogen-bond acceptors (Lipinski definition) is 4. The Labute approximate surface area is 210 Å². The molecule has 36 heavy (non-hydrogen) atoms. The van der Waals surface area contributed by atoms with Gasteiger partial charge in [0.2, 0.25) is 5.91 Å². The van der Waals surface area contributed by atoms with Gasteiger partial charge in [-0.1, -0.05) is 19.9 Å². The van der Waals surface area contributed by atoms with Crippen molar-refractivity contribution in [3.8, 4) is 11.1 Å². The number of nitrogens with zero attached hydrogens (tertiary/aromatic N) is 1. The van der Waals surface area contributed by atoms with E-state index < -0.39 is 5.91 Å². The molecule has 2 aliphatic rings. The van der Waals surface area contributed by atoms with E-state index >= 15 is 0 Å². The molecule has 1 aliphatic heterocycles. The normalized spacial score (nSPS) is 21.4. The lowest BCUT2D eigenvalue weighted by Gasteiger charge is -2.36. The fraction of sp³-hybridized carbons (Fsp3) is 0.448. The fourth-order valence-electron chi connectivity index (χ4n) is 6.13. The third-order valence-corrected chi connectivity index (χ3v) is 8.48. The van der Waals surface area contributed by atoms with Crippen molar-refractivity contribution in [2.24, 2.45) is 11.1 Å². The van der Waals surface area contributed by atoms with Gasteiger partial charge in [0.1, 0.15) is 5.82 Å². The summed E-state index contributed by atoms with van der Waals surface area (Å²) in [6.07, 6.45) is 5.67. The molecule has 0 spiro atoms. The molecule has 0 unspecified atom stereocenters. The molecule has 1 aliphatic carbocycles. The second-order valence-electron chi connectivity index (χ2n) is 10.5. The highest BCUT2D eigenvalue weighted by molar-refractivity contribution is 6.06. The van der Waals surface area contributed by atoms with Crippen LogP contribution in [-0.4, -0.2) is 33.6 Å². The van der Waals surface area contributed by atoms with E-state index in [2.05, 4.69) is 19.2 Å². The largest absolute Gasteiger partial charge is 0.393 e. The smallest absolute Gasteiger partial charge is 0.250 e. The summed E-state index contributed by atoms with van der Waals surface area (Å²) in [5.41, 5.74) is 9.88. The monoisotopic (exact) mass is 491 g/mol. The van der Waals surface area contributed by atoms with Crippen molar-refractivity contribution in [3.63, 3.8) is 0 Å². The van der Waals surface area contributed by atoms with E-state index in [0.29, 0.717) is 36.0 Å². The number of carbonyl (C=O) groups is 2. The highest BCUT2D eigenvalue weighted by Gasteiger charge is 2.39. The van der Waals surface area contributed by atoms with Gasteiger partial charge in [0, 0.05) is 34.8 Å². The fourth-order valence-corrected chi connectivity index (χ4v) is 6.13. The Morgan fingerprint density at radius 2 is 1.83 bits per heavy atom. The van der Waals surface area contributed by atoms with Crippen LogP contribution in [0, 0.1) is 11.2 Å². The zero-order chi connectivity index (χ0) is 25.6. The first kappa shape index (κ1) is 24.5. The van der Waals surface area contributed by atoms with E-state index in [0.717, 1.165) is 54.3 Å². The van der Waals surface area contributed by atoms with E-state index in [9.17, 15) is 19.1 Å². The molecule has 5 rings (SSSR count). The van der Waals surface area contributed by atoms with E-state index in [4.69, 9.17) is 5.73 Å². The predicted molar refractivity (Wildman–Crippen MR) is 140 cm³/mol.